The Morgan fingerprint density at radius 2 is 1.88 bits per heavy atom. The molecule has 0 bridgehead atoms. The molecule has 26 heavy (non-hydrogen) atoms. The second-order valence-corrected chi connectivity index (χ2v) is 6.07. The molecule has 7 heteroatoms. The molecule has 0 atom stereocenters. The summed E-state index contributed by atoms with van der Waals surface area (Å²) in [5.41, 5.74) is 1.09. The molecule has 0 saturated carbocycles. The third-order valence-electron chi connectivity index (χ3n) is 4.18. The van der Waals surface area contributed by atoms with E-state index in [1.807, 2.05) is 44.2 Å². The maximum absolute atomic E-state index is 12.1. The number of benzene rings is 1. The fraction of sp³-hybridized carbons (Fsp3) is 0.579. The van der Waals surface area contributed by atoms with Gasteiger partial charge < -0.3 is 20.3 Å². The van der Waals surface area contributed by atoms with Crippen molar-refractivity contribution in [2.45, 2.75) is 39.3 Å². The molecule has 1 aromatic carbocycles. The molecule has 0 unspecified atom stereocenters. The summed E-state index contributed by atoms with van der Waals surface area (Å²) in [4.78, 5) is 18.8. The van der Waals surface area contributed by atoms with E-state index in [1.165, 1.54) is 0 Å². The second kappa shape index (κ2) is 12.9. The zero-order chi connectivity index (χ0) is 17.9. The van der Waals surface area contributed by atoms with Gasteiger partial charge in [0.1, 0.15) is 6.54 Å². The lowest BCUT2D eigenvalue weighted by atomic mass is 10.1. The highest BCUT2D eigenvalue weighted by atomic mass is 127. The second-order valence-electron chi connectivity index (χ2n) is 6.07. The molecule has 1 fully saturated rings. The van der Waals surface area contributed by atoms with Crippen molar-refractivity contribution in [1.29, 1.82) is 0 Å². The minimum Gasteiger partial charge on any atom is -0.378 e. The molecule has 0 radical (unpaired) electrons. The lowest BCUT2D eigenvalue weighted by Gasteiger charge is -2.34. The first-order valence-corrected chi connectivity index (χ1v) is 9.18. The van der Waals surface area contributed by atoms with Crippen LogP contribution in [0.25, 0.3) is 0 Å². The molecule has 1 aromatic rings. The van der Waals surface area contributed by atoms with Gasteiger partial charge in [0.15, 0.2) is 5.96 Å². The number of likely N-dealkylation sites (tertiary alicyclic amines) is 1. The van der Waals surface area contributed by atoms with E-state index in [0.29, 0.717) is 12.6 Å². The third-order valence-corrected chi connectivity index (χ3v) is 4.18. The number of ether oxygens (including phenoxy) is 1. The number of aliphatic imine (C=N–C) groups is 1. The number of piperidine rings is 1. The molecule has 0 aromatic heterocycles. The van der Waals surface area contributed by atoms with Crippen LogP contribution in [0.1, 0.15) is 32.3 Å². The van der Waals surface area contributed by atoms with Crippen molar-refractivity contribution >= 4 is 35.8 Å². The highest BCUT2D eigenvalue weighted by Gasteiger charge is 2.21. The average molecular weight is 474 g/mol. The predicted octanol–water partition coefficient (Wildman–Crippen LogP) is 2.39. The van der Waals surface area contributed by atoms with Gasteiger partial charge in [0.2, 0.25) is 5.91 Å². The summed E-state index contributed by atoms with van der Waals surface area (Å²) in [6.07, 6.45) is 2.34. The number of hydrogen-bond donors (Lipinski definition) is 2. The molecule has 1 aliphatic heterocycles. The Labute approximate surface area is 173 Å². The standard InChI is InChI=1S/C19H30N4O2.HI/c1-3-20-19(23-12-10-17(11-13-23)25-4-2)22-15-18(24)21-14-16-8-6-5-7-9-16;/h5-9,17H,3-4,10-15H2,1-2H3,(H,20,22)(H,21,24);1H. The fourth-order valence-electron chi connectivity index (χ4n) is 2.89. The molecular formula is C19H31IN4O2. The van der Waals surface area contributed by atoms with Gasteiger partial charge in [-0.2, -0.15) is 0 Å². The minimum absolute atomic E-state index is 0. The van der Waals surface area contributed by atoms with Crippen molar-refractivity contribution < 1.29 is 9.53 Å². The molecule has 0 spiro atoms. The summed E-state index contributed by atoms with van der Waals surface area (Å²) in [7, 11) is 0. The Morgan fingerprint density at radius 3 is 2.50 bits per heavy atom. The van der Waals surface area contributed by atoms with Crippen molar-refractivity contribution in [1.82, 2.24) is 15.5 Å². The quantitative estimate of drug-likeness (QED) is 0.362. The lowest BCUT2D eigenvalue weighted by Crippen LogP contribution is -2.47. The number of carbonyl (C=O) groups is 1. The van der Waals surface area contributed by atoms with Crippen molar-refractivity contribution in [2.24, 2.45) is 4.99 Å². The Hall–Kier alpha value is -1.35. The Bertz CT molecular complexity index is 546. The summed E-state index contributed by atoms with van der Waals surface area (Å²) in [6, 6.07) is 9.89. The molecule has 1 aliphatic rings. The van der Waals surface area contributed by atoms with E-state index < -0.39 is 0 Å². The topological polar surface area (TPSA) is 66.0 Å². The molecule has 2 N–H and O–H groups in total. The van der Waals surface area contributed by atoms with Gasteiger partial charge in [-0.15, -0.1) is 24.0 Å². The van der Waals surface area contributed by atoms with Crippen LogP contribution in [0.2, 0.25) is 0 Å². The van der Waals surface area contributed by atoms with Crippen LogP contribution in [0.15, 0.2) is 35.3 Å². The van der Waals surface area contributed by atoms with Crippen LogP contribution in [0.3, 0.4) is 0 Å². The van der Waals surface area contributed by atoms with E-state index in [9.17, 15) is 4.79 Å². The van der Waals surface area contributed by atoms with E-state index in [2.05, 4.69) is 20.5 Å². The third kappa shape index (κ3) is 7.90. The number of carbonyl (C=O) groups excluding carboxylic acids is 1. The van der Waals surface area contributed by atoms with E-state index in [0.717, 1.165) is 50.6 Å². The maximum Gasteiger partial charge on any atom is 0.242 e. The van der Waals surface area contributed by atoms with Crippen LogP contribution in [0, 0.1) is 0 Å². The van der Waals surface area contributed by atoms with Gasteiger partial charge in [0, 0.05) is 32.8 Å². The van der Waals surface area contributed by atoms with Gasteiger partial charge in [-0.25, -0.2) is 4.99 Å². The highest BCUT2D eigenvalue weighted by molar-refractivity contribution is 14.0. The first-order chi connectivity index (χ1) is 12.2. The van der Waals surface area contributed by atoms with Crippen molar-refractivity contribution in [3.63, 3.8) is 0 Å². The van der Waals surface area contributed by atoms with Gasteiger partial charge in [-0.1, -0.05) is 30.3 Å². The van der Waals surface area contributed by atoms with Gasteiger partial charge >= 0.3 is 0 Å². The molecule has 1 saturated heterocycles. The summed E-state index contributed by atoms with van der Waals surface area (Å²) in [5, 5.41) is 6.19. The van der Waals surface area contributed by atoms with Crippen LogP contribution in [-0.2, 0) is 16.1 Å². The normalized spacial score (nSPS) is 15.3. The van der Waals surface area contributed by atoms with Gasteiger partial charge in [-0.3, -0.25) is 4.79 Å². The zero-order valence-electron chi connectivity index (χ0n) is 15.7. The zero-order valence-corrected chi connectivity index (χ0v) is 18.1. The largest absolute Gasteiger partial charge is 0.378 e. The van der Waals surface area contributed by atoms with Crippen molar-refractivity contribution in [2.75, 3.05) is 32.8 Å². The van der Waals surface area contributed by atoms with E-state index in [4.69, 9.17) is 4.74 Å². The first kappa shape index (κ1) is 22.7. The van der Waals surface area contributed by atoms with E-state index in [-0.39, 0.29) is 36.4 Å². The molecule has 1 heterocycles. The average Bonchev–Trinajstić information content (AvgIpc) is 2.65. The van der Waals surface area contributed by atoms with Gasteiger partial charge in [-0.05, 0) is 32.3 Å². The van der Waals surface area contributed by atoms with E-state index in [1.54, 1.807) is 0 Å². The van der Waals surface area contributed by atoms with Crippen LogP contribution >= 0.6 is 24.0 Å². The van der Waals surface area contributed by atoms with E-state index >= 15 is 0 Å². The Morgan fingerprint density at radius 1 is 1.19 bits per heavy atom. The number of guanidine groups is 1. The maximum atomic E-state index is 12.1. The number of halogens is 1. The van der Waals surface area contributed by atoms with Crippen molar-refractivity contribution in [3.8, 4) is 0 Å². The summed E-state index contributed by atoms with van der Waals surface area (Å²) in [5.74, 6) is 0.746. The molecule has 2 rings (SSSR count). The first-order valence-electron chi connectivity index (χ1n) is 9.18. The minimum atomic E-state index is -0.0662. The number of hydrogen-bond acceptors (Lipinski definition) is 3. The Kier molecular flexibility index (Phi) is 11.3. The number of nitrogens with one attached hydrogen (secondary N) is 2. The molecule has 146 valence electrons. The molecule has 0 aliphatic carbocycles. The number of amides is 1. The number of rotatable bonds is 7. The van der Waals surface area contributed by atoms with Crippen LogP contribution in [0.4, 0.5) is 0 Å². The highest BCUT2D eigenvalue weighted by Crippen LogP contribution is 2.13. The van der Waals surface area contributed by atoms with Crippen LogP contribution < -0.4 is 10.6 Å². The SMILES string of the molecule is CCNC(=NCC(=O)NCc1ccccc1)N1CCC(OCC)CC1.I. The lowest BCUT2D eigenvalue weighted by molar-refractivity contribution is -0.119. The predicted molar refractivity (Wildman–Crippen MR) is 116 cm³/mol. The smallest absolute Gasteiger partial charge is 0.242 e. The monoisotopic (exact) mass is 474 g/mol. The molecule has 6 nitrogen and oxygen atoms in total. The summed E-state index contributed by atoms with van der Waals surface area (Å²) >= 11 is 0. The van der Waals surface area contributed by atoms with Crippen LogP contribution in [0.5, 0.6) is 0 Å². The fourth-order valence-corrected chi connectivity index (χ4v) is 2.89. The molecular weight excluding hydrogens is 443 g/mol. The summed E-state index contributed by atoms with van der Waals surface area (Å²) in [6.45, 7) is 8.11. The Balaban J connectivity index is 0.00000338. The van der Waals surface area contributed by atoms with Gasteiger partial charge in [0.05, 0.1) is 6.10 Å². The van der Waals surface area contributed by atoms with Crippen LogP contribution in [-0.4, -0.2) is 55.7 Å². The van der Waals surface area contributed by atoms with Crippen molar-refractivity contribution in [3.05, 3.63) is 35.9 Å². The van der Waals surface area contributed by atoms with Gasteiger partial charge in [0.25, 0.3) is 0 Å². The number of nitrogens with zero attached hydrogens (tertiary/aromatic N) is 2. The molecule has 1 amide bonds. The summed E-state index contributed by atoms with van der Waals surface area (Å²) < 4.78 is 5.69.